The Morgan fingerprint density at radius 3 is 2.72 bits per heavy atom. The van der Waals surface area contributed by atoms with Crippen LogP contribution < -0.4 is 16.0 Å². The van der Waals surface area contributed by atoms with E-state index in [2.05, 4.69) is 27.0 Å². The van der Waals surface area contributed by atoms with Crippen molar-refractivity contribution in [2.24, 2.45) is 5.41 Å². The number of nitriles is 1. The maximum Gasteiger partial charge on any atom is 0.305 e. The SMILES string of the molecule is CCOC(=O)CCCNC1CCC(Nc2cc(-c3cccc(NCC4(C#N)CCOCC4)n3)c(Cl)cn2)CC1. The van der Waals surface area contributed by atoms with Crippen LogP contribution in [0.5, 0.6) is 0 Å². The molecule has 0 amide bonds. The second-order valence-corrected chi connectivity index (χ2v) is 10.8. The van der Waals surface area contributed by atoms with Crippen molar-refractivity contribution >= 4 is 29.2 Å². The zero-order chi connectivity index (χ0) is 27.5. The molecule has 4 rings (SSSR count). The molecule has 2 aromatic heterocycles. The van der Waals surface area contributed by atoms with Crippen molar-refractivity contribution < 1.29 is 14.3 Å². The molecule has 10 heteroatoms. The highest BCUT2D eigenvalue weighted by atomic mass is 35.5. The molecule has 0 unspecified atom stereocenters. The Morgan fingerprint density at radius 2 is 1.97 bits per heavy atom. The molecule has 2 aliphatic rings. The summed E-state index contributed by atoms with van der Waals surface area (Å²) in [6.45, 7) is 4.85. The molecular weight excluding hydrogens is 516 g/mol. The van der Waals surface area contributed by atoms with Crippen LogP contribution in [0.25, 0.3) is 11.3 Å². The van der Waals surface area contributed by atoms with Gasteiger partial charge in [0.15, 0.2) is 0 Å². The summed E-state index contributed by atoms with van der Waals surface area (Å²) >= 11 is 6.54. The lowest BCUT2D eigenvalue weighted by Crippen LogP contribution is -2.37. The van der Waals surface area contributed by atoms with E-state index in [0.717, 1.165) is 68.6 Å². The highest BCUT2D eigenvalue weighted by molar-refractivity contribution is 6.33. The van der Waals surface area contributed by atoms with Crippen LogP contribution in [-0.4, -0.2) is 60.9 Å². The van der Waals surface area contributed by atoms with E-state index in [4.69, 9.17) is 26.1 Å². The van der Waals surface area contributed by atoms with Crippen LogP contribution in [0.15, 0.2) is 30.5 Å². The van der Waals surface area contributed by atoms with Gasteiger partial charge in [0.05, 0.1) is 28.8 Å². The number of nitrogens with zero attached hydrogens (tertiary/aromatic N) is 3. The van der Waals surface area contributed by atoms with Gasteiger partial charge in [0.2, 0.25) is 0 Å². The van der Waals surface area contributed by atoms with Crippen molar-refractivity contribution in [2.75, 3.05) is 43.5 Å². The molecule has 0 aromatic carbocycles. The summed E-state index contributed by atoms with van der Waals surface area (Å²) in [4.78, 5) is 20.8. The minimum atomic E-state index is -0.432. The largest absolute Gasteiger partial charge is 0.466 e. The molecule has 0 spiro atoms. The zero-order valence-corrected chi connectivity index (χ0v) is 23.4. The van der Waals surface area contributed by atoms with Crippen molar-refractivity contribution in [1.29, 1.82) is 5.26 Å². The first-order chi connectivity index (χ1) is 19.0. The van der Waals surface area contributed by atoms with Crippen LogP contribution in [0.3, 0.4) is 0 Å². The Morgan fingerprint density at radius 1 is 1.21 bits per heavy atom. The van der Waals surface area contributed by atoms with Crippen LogP contribution in [0.4, 0.5) is 11.6 Å². The van der Waals surface area contributed by atoms with E-state index in [0.29, 0.717) is 55.7 Å². The second kappa shape index (κ2) is 14.5. The van der Waals surface area contributed by atoms with Gasteiger partial charge in [0.25, 0.3) is 0 Å². The fourth-order valence-electron chi connectivity index (χ4n) is 5.17. The number of carbonyl (C=O) groups is 1. The lowest BCUT2D eigenvalue weighted by molar-refractivity contribution is -0.143. The van der Waals surface area contributed by atoms with Crippen LogP contribution >= 0.6 is 11.6 Å². The number of nitrogens with one attached hydrogen (secondary N) is 3. The number of esters is 1. The van der Waals surface area contributed by atoms with E-state index in [1.807, 2.05) is 31.2 Å². The quantitative estimate of drug-likeness (QED) is 0.240. The number of hydrogen-bond donors (Lipinski definition) is 3. The third kappa shape index (κ3) is 8.53. The van der Waals surface area contributed by atoms with E-state index in [1.165, 1.54) is 0 Å². The highest BCUT2D eigenvalue weighted by Gasteiger charge is 2.32. The monoisotopic (exact) mass is 554 g/mol. The summed E-state index contributed by atoms with van der Waals surface area (Å²) in [5, 5.41) is 20.8. The smallest absolute Gasteiger partial charge is 0.305 e. The fourth-order valence-corrected chi connectivity index (χ4v) is 5.37. The van der Waals surface area contributed by atoms with Gasteiger partial charge in [0.1, 0.15) is 11.6 Å². The van der Waals surface area contributed by atoms with Crippen molar-refractivity contribution in [3.63, 3.8) is 0 Å². The van der Waals surface area contributed by atoms with Crippen LogP contribution in [0.2, 0.25) is 5.02 Å². The fraction of sp³-hybridized carbons (Fsp3) is 0.586. The molecule has 3 heterocycles. The Kier molecular flexibility index (Phi) is 10.8. The Hall–Kier alpha value is -2.93. The molecule has 1 saturated heterocycles. The number of hydrogen-bond acceptors (Lipinski definition) is 9. The van der Waals surface area contributed by atoms with E-state index in [-0.39, 0.29) is 5.97 Å². The first-order valence-electron chi connectivity index (χ1n) is 14.0. The third-order valence-electron chi connectivity index (χ3n) is 7.55. The van der Waals surface area contributed by atoms with Gasteiger partial charge in [-0.1, -0.05) is 17.7 Å². The summed E-state index contributed by atoms with van der Waals surface area (Å²) < 4.78 is 10.4. The lowest BCUT2D eigenvalue weighted by atomic mass is 9.82. The van der Waals surface area contributed by atoms with E-state index in [1.54, 1.807) is 6.20 Å². The van der Waals surface area contributed by atoms with Crippen molar-refractivity contribution in [1.82, 2.24) is 15.3 Å². The number of pyridine rings is 2. The van der Waals surface area contributed by atoms with Crippen LogP contribution in [0, 0.1) is 16.7 Å². The zero-order valence-electron chi connectivity index (χ0n) is 22.7. The standard InChI is InChI=1S/C29H39ClN6O3/c1-2-39-28(37)7-4-14-32-21-8-10-22(11-9-21)35-27-17-23(24(30)18-33-27)25-5-3-6-26(36-25)34-20-29(19-31)12-15-38-16-13-29/h3,5-6,17-18,21-22,32H,2,4,7-16,20H2,1H3,(H,33,35)(H,34,36). The second-order valence-electron chi connectivity index (χ2n) is 10.4. The van der Waals surface area contributed by atoms with E-state index in [9.17, 15) is 10.1 Å². The Labute approximate surface area is 236 Å². The Balaban J connectivity index is 1.29. The number of rotatable bonds is 12. The third-order valence-corrected chi connectivity index (χ3v) is 7.85. The van der Waals surface area contributed by atoms with Gasteiger partial charge in [-0.2, -0.15) is 5.26 Å². The van der Waals surface area contributed by atoms with Gasteiger partial charge in [-0.05, 0) is 76.6 Å². The molecule has 1 saturated carbocycles. The summed E-state index contributed by atoms with van der Waals surface area (Å²) in [6, 6.07) is 11.0. The van der Waals surface area contributed by atoms with Gasteiger partial charge in [-0.3, -0.25) is 4.79 Å². The molecule has 0 radical (unpaired) electrons. The van der Waals surface area contributed by atoms with E-state index < -0.39 is 5.41 Å². The highest BCUT2D eigenvalue weighted by Crippen LogP contribution is 2.32. The van der Waals surface area contributed by atoms with Crippen molar-refractivity contribution in [3.8, 4) is 17.3 Å². The lowest BCUT2D eigenvalue weighted by Gasteiger charge is -2.30. The minimum absolute atomic E-state index is 0.123. The topological polar surface area (TPSA) is 121 Å². The predicted molar refractivity (Wildman–Crippen MR) is 153 cm³/mol. The molecule has 1 aliphatic heterocycles. The molecule has 0 atom stereocenters. The van der Waals surface area contributed by atoms with Gasteiger partial charge >= 0.3 is 5.97 Å². The van der Waals surface area contributed by atoms with Crippen LogP contribution in [-0.2, 0) is 14.3 Å². The average molecular weight is 555 g/mol. The maximum atomic E-state index is 11.5. The van der Waals surface area contributed by atoms with Gasteiger partial charge in [-0.15, -0.1) is 0 Å². The molecule has 210 valence electrons. The summed E-state index contributed by atoms with van der Waals surface area (Å²) in [7, 11) is 0. The maximum absolute atomic E-state index is 11.5. The molecule has 2 aromatic rings. The van der Waals surface area contributed by atoms with Crippen molar-refractivity contribution in [3.05, 3.63) is 35.5 Å². The number of aromatic nitrogens is 2. The summed E-state index contributed by atoms with van der Waals surface area (Å²) in [6.07, 6.45) is 8.59. The molecule has 39 heavy (non-hydrogen) atoms. The molecule has 1 aliphatic carbocycles. The van der Waals surface area contributed by atoms with Gasteiger partial charge in [0, 0.05) is 50.0 Å². The molecular formula is C29H39ClN6O3. The summed E-state index contributed by atoms with van der Waals surface area (Å²) in [5.74, 6) is 1.37. The molecule has 9 nitrogen and oxygen atoms in total. The number of ether oxygens (including phenoxy) is 2. The molecule has 0 bridgehead atoms. The molecule has 2 fully saturated rings. The average Bonchev–Trinajstić information content (AvgIpc) is 2.97. The minimum Gasteiger partial charge on any atom is -0.466 e. The first kappa shape index (κ1) is 29.1. The predicted octanol–water partition coefficient (Wildman–Crippen LogP) is 5.19. The van der Waals surface area contributed by atoms with Gasteiger partial charge in [-0.25, -0.2) is 9.97 Å². The number of anilines is 2. The summed E-state index contributed by atoms with van der Waals surface area (Å²) in [5.41, 5.74) is 1.14. The number of halogens is 1. The van der Waals surface area contributed by atoms with Crippen LogP contribution in [0.1, 0.15) is 58.3 Å². The number of carbonyl (C=O) groups excluding carboxylic acids is 1. The first-order valence-corrected chi connectivity index (χ1v) is 14.4. The van der Waals surface area contributed by atoms with Crippen molar-refractivity contribution in [2.45, 2.75) is 70.4 Å². The van der Waals surface area contributed by atoms with E-state index >= 15 is 0 Å². The normalized spacial score (nSPS) is 20.5. The van der Waals surface area contributed by atoms with Gasteiger partial charge < -0.3 is 25.4 Å². The Bertz CT molecular complexity index is 1130. The molecule has 3 N–H and O–H groups in total.